The summed E-state index contributed by atoms with van der Waals surface area (Å²) in [6, 6.07) is 19.0. The highest BCUT2D eigenvalue weighted by molar-refractivity contribution is 7.13. The molecule has 25 heavy (non-hydrogen) atoms. The fourth-order valence-electron chi connectivity index (χ4n) is 2.65. The minimum absolute atomic E-state index is 0.247. The Hall–Kier alpha value is -3.05. The number of carbonyl (C=O) groups excluding carboxylic acids is 1. The lowest BCUT2D eigenvalue weighted by molar-refractivity contribution is 0.102. The summed E-state index contributed by atoms with van der Waals surface area (Å²) in [6.45, 7) is 0. The van der Waals surface area contributed by atoms with Gasteiger partial charge >= 0.3 is 0 Å². The first kappa shape index (κ1) is 15.5. The number of fused-ring (bicyclic) bond motifs is 1. The third-order valence-corrected chi connectivity index (χ3v) is 4.73. The monoisotopic (exact) mass is 348 g/mol. The van der Waals surface area contributed by atoms with Crippen molar-refractivity contribution in [2.45, 2.75) is 0 Å². The molecule has 1 amide bonds. The highest BCUT2D eigenvalue weighted by atomic mass is 32.1. The van der Waals surface area contributed by atoms with Gasteiger partial charge in [-0.3, -0.25) is 4.79 Å². The van der Waals surface area contributed by atoms with E-state index in [9.17, 15) is 9.18 Å². The fourth-order valence-corrected chi connectivity index (χ4v) is 3.33. The van der Waals surface area contributed by atoms with Crippen molar-refractivity contribution in [3.63, 3.8) is 0 Å². The summed E-state index contributed by atoms with van der Waals surface area (Å²) in [5.41, 5.74) is 2.61. The van der Waals surface area contributed by atoms with Gasteiger partial charge in [0.15, 0.2) is 0 Å². The molecule has 0 bridgehead atoms. The second-order valence-electron chi connectivity index (χ2n) is 5.51. The summed E-state index contributed by atoms with van der Waals surface area (Å²) in [5, 5.41) is 5.58. The maximum absolute atomic E-state index is 13.0. The van der Waals surface area contributed by atoms with Crippen molar-refractivity contribution in [1.82, 2.24) is 4.98 Å². The van der Waals surface area contributed by atoms with E-state index in [4.69, 9.17) is 0 Å². The maximum Gasteiger partial charge on any atom is 0.256 e. The minimum Gasteiger partial charge on any atom is -0.322 e. The number of pyridine rings is 1. The minimum atomic E-state index is -0.340. The van der Waals surface area contributed by atoms with Crippen LogP contribution in [0.15, 0.2) is 72.1 Å². The van der Waals surface area contributed by atoms with E-state index in [2.05, 4.69) is 10.3 Å². The molecule has 4 aromatic rings. The van der Waals surface area contributed by atoms with Crippen LogP contribution in [0.5, 0.6) is 0 Å². The number of nitrogens with zero attached hydrogens (tertiary/aromatic N) is 1. The number of rotatable bonds is 3. The van der Waals surface area contributed by atoms with E-state index in [-0.39, 0.29) is 11.7 Å². The van der Waals surface area contributed by atoms with E-state index >= 15 is 0 Å². The average molecular weight is 348 g/mol. The van der Waals surface area contributed by atoms with Gasteiger partial charge in [0.1, 0.15) is 5.82 Å². The molecule has 4 rings (SSSR count). The molecule has 0 radical (unpaired) electrons. The number of benzene rings is 2. The van der Waals surface area contributed by atoms with Crippen LogP contribution in [0.1, 0.15) is 10.4 Å². The molecule has 2 heterocycles. The van der Waals surface area contributed by atoms with Crippen LogP contribution in [0.4, 0.5) is 10.1 Å². The molecule has 0 aliphatic carbocycles. The van der Waals surface area contributed by atoms with Crippen molar-refractivity contribution in [2.24, 2.45) is 0 Å². The Balaban J connectivity index is 1.79. The normalized spacial score (nSPS) is 10.8. The van der Waals surface area contributed by atoms with E-state index in [0.29, 0.717) is 11.3 Å². The number of halogens is 1. The van der Waals surface area contributed by atoms with Crippen LogP contribution in [-0.2, 0) is 0 Å². The summed E-state index contributed by atoms with van der Waals surface area (Å²) < 4.78 is 13.0. The van der Waals surface area contributed by atoms with Crippen LogP contribution >= 0.6 is 11.3 Å². The molecule has 1 N–H and O–H groups in total. The Morgan fingerprint density at radius 3 is 2.56 bits per heavy atom. The Labute approximate surface area is 147 Å². The molecular formula is C20H13FN2OS. The number of thiophene rings is 1. The molecule has 0 aliphatic rings. The van der Waals surface area contributed by atoms with E-state index in [1.54, 1.807) is 17.4 Å². The number of carbonyl (C=O) groups is 1. The quantitative estimate of drug-likeness (QED) is 0.542. The van der Waals surface area contributed by atoms with Gasteiger partial charge in [0.05, 0.1) is 21.7 Å². The summed E-state index contributed by atoms with van der Waals surface area (Å²) in [6.07, 6.45) is 0. The number of hydrogen-bond donors (Lipinski definition) is 1. The number of amides is 1. The molecule has 5 heteroatoms. The second-order valence-corrected chi connectivity index (χ2v) is 6.46. The smallest absolute Gasteiger partial charge is 0.256 e. The predicted molar refractivity (Wildman–Crippen MR) is 99.4 cm³/mol. The van der Waals surface area contributed by atoms with Gasteiger partial charge in [-0.25, -0.2) is 9.37 Å². The van der Waals surface area contributed by atoms with Gasteiger partial charge in [0.2, 0.25) is 0 Å². The van der Waals surface area contributed by atoms with Crippen molar-refractivity contribution in [2.75, 3.05) is 5.32 Å². The molecule has 3 nitrogen and oxygen atoms in total. The molecule has 122 valence electrons. The molecule has 0 spiro atoms. The van der Waals surface area contributed by atoms with Gasteiger partial charge in [0, 0.05) is 11.1 Å². The lowest BCUT2D eigenvalue weighted by atomic mass is 10.1. The number of aromatic nitrogens is 1. The zero-order valence-electron chi connectivity index (χ0n) is 13.1. The average Bonchev–Trinajstić information content (AvgIpc) is 3.17. The van der Waals surface area contributed by atoms with Crippen molar-refractivity contribution in [3.8, 4) is 10.6 Å². The van der Waals surface area contributed by atoms with E-state index < -0.39 is 0 Å². The van der Waals surface area contributed by atoms with Crippen LogP contribution in [0, 0.1) is 5.82 Å². The number of para-hydroxylation sites is 1. The molecule has 0 fully saturated rings. The van der Waals surface area contributed by atoms with Crippen molar-refractivity contribution < 1.29 is 9.18 Å². The number of hydrogen-bond acceptors (Lipinski definition) is 3. The molecule has 0 saturated heterocycles. The molecule has 2 aromatic carbocycles. The van der Waals surface area contributed by atoms with Crippen molar-refractivity contribution in [3.05, 3.63) is 83.5 Å². The van der Waals surface area contributed by atoms with Gasteiger partial charge in [-0.05, 0) is 47.8 Å². The topological polar surface area (TPSA) is 42.0 Å². The van der Waals surface area contributed by atoms with Gasteiger partial charge < -0.3 is 5.32 Å². The zero-order valence-corrected chi connectivity index (χ0v) is 13.9. The first-order chi connectivity index (χ1) is 12.2. The molecule has 0 unspecified atom stereocenters. The highest BCUT2D eigenvalue weighted by Crippen LogP contribution is 2.28. The Morgan fingerprint density at radius 1 is 1.00 bits per heavy atom. The Bertz CT molecular complexity index is 1040. The second kappa shape index (κ2) is 6.45. The molecule has 0 saturated carbocycles. The Morgan fingerprint density at radius 2 is 1.80 bits per heavy atom. The van der Waals surface area contributed by atoms with Crippen molar-refractivity contribution in [1.29, 1.82) is 0 Å². The third kappa shape index (κ3) is 3.14. The van der Waals surface area contributed by atoms with E-state index in [0.717, 1.165) is 21.5 Å². The predicted octanol–water partition coefficient (Wildman–Crippen LogP) is 5.35. The first-order valence-corrected chi connectivity index (χ1v) is 8.59. The molecule has 2 aromatic heterocycles. The first-order valence-electron chi connectivity index (χ1n) is 7.71. The summed E-state index contributed by atoms with van der Waals surface area (Å²) >= 11 is 1.57. The largest absolute Gasteiger partial charge is 0.322 e. The van der Waals surface area contributed by atoms with E-state index in [1.165, 1.54) is 24.3 Å². The van der Waals surface area contributed by atoms with Gasteiger partial charge in [-0.1, -0.05) is 24.3 Å². The van der Waals surface area contributed by atoms with Crippen LogP contribution in [-0.4, -0.2) is 10.9 Å². The van der Waals surface area contributed by atoms with Gasteiger partial charge in [-0.15, -0.1) is 11.3 Å². The van der Waals surface area contributed by atoms with Crippen LogP contribution < -0.4 is 5.32 Å². The summed E-state index contributed by atoms with van der Waals surface area (Å²) in [5.74, 6) is -0.588. The third-order valence-electron chi connectivity index (χ3n) is 3.84. The standard InChI is InChI=1S/C20H13FN2OS/c21-13-7-9-14(10-8-13)22-20(24)16-12-18(19-6-3-11-25-19)23-17-5-2-1-4-15(16)17/h1-12H,(H,22,24). The molecule has 0 aliphatic heterocycles. The lowest BCUT2D eigenvalue weighted by Crippen LogP contribution is -2.13. The SMILES string of the molecule is O=C(Nc1ccc(F)cc1)c1cc(-c2cccs2)nc2ccccc12. The van der Waals surface area contributed by atoms with Gasteiger partial charge in [0.25, 0.3) is 5.91 Å². The number of nitrogens with one attached hydrogen (secondary N) is 1. The van der Waals surface area contributed by atoms with Crippen molar-refractivity contribution >= 4 is 33.8 Å². The summed E-state index contributed by atoms with van der Waals surface area (Å²) in [7, 11) is 0. The molecule has 0 atom stereocenters. The van der Waals surface area contributed by atoms with Crippen LogP contribution in [0.3, 0.4) is 0 Å². The lowest BCUT2D eigenvalue weighted by Gasteiger charge is -2.10. The van der Waals surface area contributed by atoms with Gasteiger partial charge in [-0.2, -0.15) is 0 Å². The summed E-state index contributed by atoms with van der Waals surface area (Å²) in [4.78, 5) is 18.5. The fraction of sp³-hybridized carbons (Fsp3) is 0. The zero-order chi connectivity index (χ0) is 17.2. The maximum atomic E-state index is 13.0. The van der Waals surface area contributed by atoms with Crippen LogP contribution in [0.2, 0.25) is 0 Å². The molecular weight excluding hydrogens is 335 g/mol. The Kier molecular flexibility index (Phi) is 3.99. The number of anilines is 1. The van der Waals surface area contributed by atoms with Crippen LogP contribution in [0.25, 0.3) is 21.5 Å². The highest BCUT2D eigenvalue weighted by Gasteiger charge is 2.14. The van der Waals surface area contributed by atoms with E-state index in [1.807, 2.05) is 41.8 Å².